The van der Waals surface area contributed by atoms with Crippen LogP contribution >= 0.6 is 22.9 Å². The topological polar surface area (TPSA) is 76.5 Å². The molecule has 0 spiro atoms. The molecule has 4 aromatic rings. The maximum atomic E-state index is 13.1. The molecule has 2 aromatic heterocycles. The predicted octanol–water partition coefficient (Wildman–Crippen LogP) is 5.75. The third-order valence-electron chi connectivity index (χ3n) is 5.36. The molecular formula is C26H25ClN4O3S. The van der Waals surface area contributed by atoms with Gasteiger partial charge in [0.25, 0.3) is 5.91 Å². The Balaban J connectivity index is 1.64. The van der Waals surface area contributed by atoms with Crippen molar-refractivity contribution < 1.29 is 14.3 Å². The Kier molecular flexibility index (Phi) is 7.53. The summed E-state index contributed by atoms with van der Waals surface area (Å²) in [6, 6.07) is 18.2. The number of halogens is 1. The minimum absolute atomic E-state index is 0.102. The number of imidazole rings is 1. The lowest BCUT2D eigenvalue weighted by Crippen LogP contribution is -2.42. The van der Waals surface area contributed by atoms with Crippen molar-refractivity contribution in [1.82, 2.24) is 14.5 Å². The lowest BCUT2D eigenvalue weighted by atomic mass is 10.2. The summed E-state index contributed by atoms with van der Waals surface area (Å²) in [6.45, 7) is 3.67. The number of amides is 2. The molecule has 2 aromatic carbocycles. The van der Waals surface area contributed by atoms with E-state index in [1.807, 2.05) is 67.9 Å². The normalized spacial score (nSPS) is 10.9. The molecule has 7 nitrogen and oxygen atoms in total. The van der Waals surface area contributed by atoms with Crippen molar-refractivity contribution in [3.63, 3.8) is 0 Å². The molecule has 4 rings (SSSR count). The van der Waals surface area contributed by atoms with Crippen LogP contribution in [0.15, 0.2) is 72.2 Å². The van der Waals surface area contributed by atoms with Crippen molar-refractivity contribution in [3.05, 3.63) is 82.1 Å². The van der Waals surface area contributed by atoms with E-state index in [9.17, 15) is 9.59 Å². The van der Waals surface area contributed by atoms with Gasteiger partial charge in [0.05, 0.1) is 23.4 Å². The van der Waals surface area contributed by atoms with Crippen LogP contribution in [0, 0.1) is 0 Å². The number of aromatic nitrogens is 2. The summed E-state index contributed by atoms with van der Waals surface area (Å²) in [5.74, 6) is 0.485. The zero-order valence-electron chi connectivity index (χ0n) is 19.6. The number of thiophene rings is 1. The zero-order valence-corrected chi connectivity index (χ0v) is 21.1. The third kappa shape index (κ3) is 5.72. The molecule has 0 aliphatic heterocycles. The Hall–Kier alpha value is -3.62. The van der Waals surface area contributed by atoms with Crippen LogP contribution in [-0.4, -0.2) is 46.0 Å². The second-order valence-corrected chi connectivity index (χ2v) is 9.46. The number of carbonyl (C=O) groups excluding carboxylic acids is 2. The maximum absolute atomic E-state index is 13.1. The lowest BCUT2D eigenvalue weighted by molar-refractivity contribution is -0.117. The van der Waals surface area contributed by atoms with Crippen LogP contribution < -0.4 is 10.1 Å². The molecule has 2 amide bonds. The van der Waals surface area contributed by atoms with Gasteiger partial charge in [0, 0.05) is 28.9 Å². The van der Waals surface area contributed by atoms with Gasteiger partial charge in [-0.3, -0.25) is 19.5 Å². The highest BCUT2D eigenvalue weighted by atomic mass is 35.5. The largest absolute Gasteiger partial charge is 0.497 e. The van der Waals surface area contributed by atoms with Gasteiger partial charge in [-0.1, -0.05) is 35.9 Å². The van der Waals surface area contributed by atoms with Gasteiger partial charge in [0.15, 0.2) is 0 Å². The van der Waals surface area contributed by atoms with Crippen LogP contribution in [0.2, 0.25) is 5.02 Å². The number of methoxy groups -OCH3 is 1. The van der Waals surface area contributed by atoms with Gasteiger partial charge in [-0.05, 0) is 49.6 Å². The first kappa shape index (κ1) is 24.5. The van der Waals surface area contributed by atoms with Crippen LogP contribution in [-0.2, 0) is 4.79 Å². The number of nitrogens with one attached hydrogen (secondary N) is 1. The first-order chi connectivity index (χ1) is 16.9. The lowest BCUT2D eigenvalue weighted by Gasteiger charge is -2.25. The van der Waals surface area contributed by atoms with E-state index in [0.29, 0.717) is 27.3 Å². The number of nitrogens with zero attached hydrogens (tertiary/aromatic N) is 3. The Morgan fingerprint density at radius 3 is 2.57 bits per heavy atom. The van der Waals surface area contributed by atoms with Crippen LogP contribution in [0.25, 0.3) is 16.9 Å². The van der Waals surface area contributed by atoms with Crippen LogP contribution in [0.3, 0.4) is 0 Å². The molecule has 35 heavy (non-hydrogen) atoms. The van der Waals surface area contributed by atoms with E-state index >= 15 is 0 Å². The Morgan fingerprint density at radius 1 is 1.14 bits per heavy atom. The first-order valence-electron chi connectivity index (χ1n) is 11.0. The summed E-state index contributed by atoms with van der Waals surface area (Å²) in [6.07, 6.45) is 1.84. The van der Waals surface area contributed by atoms with E-state index in [0.717, 1.165) is 11.3 Å². The van der Waals surface area contributed by atoms with E-state index in [4.69, 9.17) is 16.3 Å². The summed E-state index contributed by atoms with van der Waals surface area (Å²) in [5, 5.41) is 5.36. The van der Waals surface area contributed by atoms with Crippen molar-refractivity contribution in [2.75, 3.05) is 19.0 Å². The molecule has 1 N–H and O–H groups in total. The number of carbonyl (C=O) groups is 2. The van der Waals surface area contributed by atoms with Crippen molar-refractivity contribution in [2.45, 2.75) is 19.9 Å². The minimum Gasteiger partial charge on any atom is -0.497 e. The molecule has 2 heterocycles. The van der Waals surface area contributed by atoms with Gasteiger partial charge in [0.1, 0.15) is 12.3 Å². The van der Waals surface area contributed by atoms with E-state index in [1.54, 1.807) is 34.8 Å². The smallest absolute Gasteiger partial charge is 0.264 e. The second-order valence-electron chi connectivity index (χ2n) is 8.08. The molecule has 0 saturated heterocycles. The molecule has 0 radical (unpaired) electrons. The number of ether oxygens (including phenoxy) is 1. The quantitative estimate of drug-likeness (QED) is 0.328. The summed E-state index contributed by atoms with van der Waals surface area (Å²) in [5.41, 5.74) is 2.28. The van der Waals surface area contributed by atoms with Crippen molar-refractivity contribution in [3.8, 4) is 22.7 Å². The van der Waals surface area contributed by atoms with Crippen LogP contribution in [0.5, 0.6) is 5.75 Å². The number of hydrogen-bond acceptors (Lipinski definition) is 5. The molecule has 9 heteroatoms. The van der Waals surface area contributed by atoms with E-state index in [2.05, 4.69) is 10.3 Å². The van der Waals surface area contributed by atoms with Gasteiger partial charge in [-0.2, -0.15) is 0 Å². The predicted molar refractivity (Wildman–Crippen MR) is 140 cm³/mol. The van der Waals surface area contributed by atoms with Crippen LogP contribution in [0.1, 0.15) is 23.5 Å². The summed E-state index contributed by atoms with van der Waals surface area (Å²) >= 11 is 7.39. The van der Waals surface area contributed by atoms with Crippen molar-refractivity contribution in [2.24, 2.45) is 0 Å². The van der Waals surface area contributed by atoms with E-state index in [-0.39, 0.29) is 24.4 Å². The van der Waals surface area contributed by atoms with Gasteiger partial charge in [-0.25, -0.2) is 4.98 Å². The Labute approximate surface area is 212 Å². The van der Waals surface area contributed by atoms with Gasteiger partial charge in [0.2, 0.25) is 11.9 Å². The number of anilines is 1. The summed E-state index contributed by atoms with van der Waals surface area (Å²) in [4.78, 5) is 32.8. The highest BCUT2D eigenvalue weighted by Crippen LogP contribution is 2.27. The SMILES string of the molecule is COc1cccc(-n2cc(-c3ccc(Cl)cc3)nc2NC(=O)CN(C(=O)c2cccs2)C(C)C)c1. The third-order valence-corrected chi connectivity index (χ3v) is 6.47. The first-order valence-corrected chi connectivity index (χ1v) is 12.3. The van der Waals surface area contributed by atoms with Gasteiger partial charge < -0.3 is 9.64 Å². The average Bonchev–Trinajstić information content (AvgIpc) is 3.53. The molecule has 0 aliphatic rings. The summed E-state index contributed by atoms with van der Waals surface area (Å²) in [7, 11) is 1.60. The second kappa shape index (κ2) is 10.8. The molecule has 0 aliphatic carbocycles. The van der Waals surface area contributed by atoms with Crippen molar-refractivity contribution in [1.29, 1.82) is 0 Å². The average molecular weight is 509 g/mol. The molecule has 0 saturated carbocycles. The molecule has 0 unspecified atom stereocenters. The molecule has 0 fully saturated rings. The number of benzene rings is 2. The van der Waals surface area contributed by atoms with Crippen molar-refractivity contribution >= 4 is 40.7 Å². The Morgan fingerprint density at radius 2 is 1.91 bits per heavy atom. The summed E-state index contributed by atoms with van der Waals surface area (Å²) < 4.78 is 7.15. The fourth-order valence-corrected chi connectivity index (χ4v) is 4.34. The highest BCUT2D eigenvalue weighted by molar-refractivity contribution is 7.12. The molecule has 180 valence electrons. The van der Waals surface area contributed by atoms with Gasteiger partial charge in [-0.15, -0.1) is 11.3 Å². The Bertz CT molecular complexity index is 1320. The zero-order chi connectivity index (χ0) is 24.9. The standard InChI is InChI=1S/C26H25ClN4O3S/c1-17(2)30(25(33)23-8-5-13-35-23)16-24(32)29-26-28-22(18-9-11-19(27)12-10-18)15-31(26)20-6-4-7-21(14-20)34-3/h4-15,17H,16H2,1-3H3,(H,28,29,32). The highest BCUT2D eigenvalue weighted by Gasteiger charge is 2.23. The maximum Gasteiger partial charge on any atom is 0.264 e. The molecule has 0 atom stereocenters. The monoisotopic (exact) mass is 508 g/mol. The van der Waals surface area contributed by atoms with E-state index in [1.165, 1.54) is 11.3 Å². The molecular weight excluding hydrogens is 484 g/mol. The van der Waals surface area contributed by atoms with E-state index < -0.39 is 0 Å². The number of hydrogen-bond donors (Lipinski definition) is 1. The molecule has 0 bridgehead atoms. The minimum atomic E-state index is -0.346. The fraction of sp³-hybridized carbons (Fsp3) is 0.192. The fourth-order valence-electron chi connectivity index (χ4n) is 3.53. The number of rotatable bonds is 8. The van der Waals surface area contributed by atoms with Crippen LogP contribution in [0.4, 0.5) is 5.95 Å². The van der Waals surface area contributed by atoms with Gasteiger partial charge >= 0.3 is 0 Å².